The van der Waals surface area contributed by atoms with E-state index in [0.29, 0.717) is 5.13 Å². The van der Waals surface area contributed by atoms with Gasteiger partial charge < -0.3 is 10.8 Å². The highest BCUT2D eigenvalue weighted by Gasteiger charge is 2.22. The number of nitrogens with two attached hydrogens (primary N) is 1. The van der Waals surface area contributed by atoms with Gasteiger partial charge in [-0.1, -0.05) is 17.8 Å². The van der Waals surface area contributed by atoms with Gasteiger partial charge in [0.15, 0.2) is 0 Å². The van der Waals surface area contributed by atoms with Crippen molar-refractivity contribution in [2.24, 2.45) is 0 Å². The minimum atomic E-state index is 0.230. The Labute approximate surface area is 92.9 Å². The fourth-order valence-electron chi connectivity index (χ4n) is 1.98. The predicted octanol–water partition coefficient (Wildman–Crippen LogP) is 0.467. The quantitative estimate of drug-likeness (QED) is 0.786. The molecule has 0 saturated carbocycles. The first-order valence-corrected chi connectivity index (χ1v) is 6.04. The van der Waals surface area contributed by atoms with Gasteiger partial charge in [-0.25, -0.2) is 0 Å². The van der Waals surface area contributed by atoms with Crippen molar-refractivity contribution in [1.29, 1.82) is 0 Å². The Morgan fingerprint density at radius 1 is 1.47 bits per heavy atom. The molecule has 1 saturated heterocycles. The maximum Gasteiger partial charge on any atom is 0.203 e. The van der Waals surface area contributed by atoms with Crippen LogP contribution in [0.3, 0.4) is 0 Å². The molecule has 0 radical (unpaired) electrons. The Balaban J connectivity index is 1.97. The van der Waals surface area contributed by atoms with Crippen LogP contribution in [0.4, 0.5) is 5.13 Å². The lowest BCUT2D eigenvalue weighted by Crippen LogP contribution is -2.41. The second-order valence-electron chi connectivity index (χ2n) is 3.84. The van der Waals surface area contributed by atoms with E-state index in [1.54, 1.807) is 0 Å². The Hall–Kier alpha value is -0.720. The number of nitrogen functional groups attached to an aromatic ring is 1. The molecule has 0 spiro atoms. The minimum Gasteiger partial charge on any atom is -0.395 e. The van der Waals surface area contributed by atoms with Crippen LogP contribution in [-0.4, -0.2) is 39.4 Å². The molecule has 1 fully saturated rings. The van der Waals surface area contributed by atoms with E-state index in [1.807, 2.05) is 0 Å². The molecule has 2 heterocycles. The van der Waals surface area contributed by atoms with Crippen molar-refractivity contribution in [2.45, 2.75) is 31.8 Å². The van der Waals surface area contributed by atoms with Gasteiger partial charge >= 0.3 is 0 Å². The zero-order chi connectivity index (χ0) is 10.7. The van der Waals surface area contributed by atoms with Gasteiger partial charge in [0.2, 0.25) is 5.13 Å². The molecule has 3 N–H and O–H groups in total. The Morgan fingerprint density at radius 2 is 2.33 bits per heavy atom. The zero-order valence-electron chi connectivity index (χ0n) is 8.59. The monoisotopic (exact) mass is 228 g/mol. The number of aromatic nitrogens is 2. The van der Waals surface area contributed by atoms with Crippen LogP contribution in [0.15, 0.2) is 0 Å². The number of aliphatic hydroxyl groups excluding tert-OH is 1. The first kappa shape index (κ1) is 10.8. The van der Waals surface area contributed by atoms with E-state index in [0.717, 1.165) is 24.5 Å². The summed E-state index contributed by atoms with van der Waals surface area (Å²) in [6.07, 6.45) is 3.48. The van der Waals surface area contributed by atoms with E-state index in [9.17, 15) is 5.11 Å². The van der Waals surface area contributed by atoms with Crippen LogP contribution in [0.1, 0.15) is 24.3 Å². The molecule has 1 unspecified atom stereocenters. The summed E-state index contributed by atoms with van der Waals surface area (Å²) in [5.74, 6) is 0. The molecule has 1 aliphatic heterocycles. The molecule has 0 aromatic carbocycles. The largest absolute Gasteiger partial charge is 0.395 e. The van der Waals surface area contributed by atoms with Gasteiger partial charge in [-0.05, 0) is 19.4 Å². The summed E-state index contributed by atoms with van der Waals surface area (Å²) in [6, 6.07) is 0.281. The third-order valence-electron chi connectivity index (χ3n) is 2.78. The molecule has 0 aliphatic carbocycles. The first-order valence-electron chi connectivity index (χ1n) is 5.22. The number of likely N-dealkylation sites (tertiary alicyclic amines) is 1. The molecule has 84 valence electrons. The number of anilines is 1. The van der Waals surface area contributed by atoms with Crippen molar-refractivity contribution in [3.05, 3.63) is 5.01 Å². The van der Waals surface area contributed by atoms with Crippen molar-refractivity contribution in [2.75, 3.05) is 18.9 Å². The van der Waals surface area contributed by atoms with Gasteiger partial charge in [0.05, 0.1) is 13.2 Å². The summed E-state index contributed by atoms with van der Waals surface area (Å²) in [5.41, 5.74) is 5.53. The Bertz CT molecular complexity index is 317. The lowest BCUT2D eigenvalue weighted by molar-refractivity contribution is 0.0839. The number of hydrogen-bond acceptors (Lipinski definition) is 6. The number of nitrogens with zero attached hydrogens (tertiary/aromatic N) is 3. The van der Waals surface area contributed by atoms with Crippen molar-refractivity contribution in [1.82, 2.24) is 15.1 Å². The van der Waals surface area contributed by atoms with E-state index < -0.39 is 0 Å². The van der Waals surface area contributed by atoms with Gasteiger partial charge in [-0.2, -0.15) is 0 Å². The van der Waals surface area contributed by atoms with E-state index in [-0.39, 0.29) is 12.6 Å². The zero-order valence-corrected chi connectivity index (χ0v) is 9.41. The smallest absolute Gasteiger partial charge is 0.203 e. The van der Waals surface area contributed by atoms with Crippen molar-refractivity contribution in [3.8, 4) is 0 Å². The summed E-state index contributed by atoms with van der Waals surface area (Å²) in [4.78, 5) is 2.27. The maximum atomic E-state index is 9.25. The normalized spacial score (nSPS) is 23.1. The molecular weight excluding hydrogens is 212 g/mol. The Morgan fingerprint density at radius 3 is 3.00 bits per heavy atom. The summed E-state index contributed by atoms with van der Waals surface area (Å²) in [5, 5.41) is 18.5. The standard InChI is InChI=1S/C9H16N4OS/c10-9-12-11-8(15-9)5-13-4-2-1-3-7(13)6-14/h7,14H,1-6H2,(H2,10,12). The average Bonchev–Trinajstić information content (AvgIpc) is 2.65. The fraction of sp³-hybridized carbons (Fsp3) is 0.778. The highest BCUT2D eigenvalue weighted by molar-refractivity contribution is 7.15. The van der Waals surface area contributed by atoms with Crippen LogP contribution in [-0.2, 0) is 6.54 Å². The van der Waals surface area contributed by atoms with E-state index in [2.05, 4.69) is 15.1 Å². The van der Waals surface area contributed by atoms with Crippen molar-refractivity contribution in [3.63, 3.8) is 0 Å². The number of hydrogen-bond donors (Lipinski definition) is 2. The van der Waals surface area contributed by atoms with Gasteiger partial charge in [0, 0.05) is 6.04 Å². The first-order chi connectivity index (χ1) is 7.29. The molecule has 1 aromatic rings. The summed E-state index contributed by atoms with van der Waals surface area (Å²) < 4.78 is 0. The van der Waals surface area contributed by atoms with Gasteiger partial charge in [0.1, 0.15) is 5.01 Å². The maximum absolute atomic E-state index is 9.25. The van der Waals surface area contributed by atoms with Gasteiger partial charge in [-0.15, -0.1) is 10.2 Å². The van der Waals surface area contributed by atoms with Crippen LogP contribution in [0, 0.1) is 0 Å². The molecule has 6 heteroatoms. The van der Waals surface area contributed by atoms with Crippen molar-refractivity contribution < 1.29 is 5.11 Å². The number of piperidine rings is 1. The molecular formula is C9H16N4OS. The lowest BCUT2D eigenvalue weighted by atomic mass is 10.0. The van der Waals surface area contributed by atoms with Crippen LogP contribution < -0.4 is 5.73 Å². The predicted molar refractivity (Wildman–Crippen MR) is 59.5 cm³/mol. The molecule has 1 aromatic heterocycles. The molecule has 5 nitrogen and oxygen atoms in total. The second kappa shape index (κ2) is 4.87. The molecule has 2 rings (SSSR count). The third kappa shape index (κ3) is 2.64. The van der Waals surface area contributed by atoms with Gasteiger partial charge in [-0.3, -0.25) is 4.90 Å². The second-order valence-corrected chi connectivity index (χ2v) is 4.93. The molecule has 0 amide bonds. The Kier molecular flexibility index (Phi) is 3.50. The minimum absolute atomic E-state index is 0.230. The van der Waals surface area contributed by atoms with E-state index in [4.69, 9.17) is 5.73 Å². The van der Waals surface area contributed by atoms with E-state index >= 15 is 0 Å². The summed E-state index contributed by atoms with van der Waals surface area (Å²) >= 11 is 1.43. The highest BCUT2D eigenvalue weighted by Crippen LogP contribution is 2.21. The molecule has 1 aliphatic rings. The number of rotatable bonds is 3. The lowest BCUT2D eigenvalue weighted by Gasteiger charge is -2.33. The molecule has 1 atom stereocenters. The third-order valence-corrected chi connectivity index (χ3v) is 3.52. The van der Waals surface area contributed by atoms with Crippen LogP contribution in [0.5, 0.6) is 0 Å². The average molecular weight is 228 g/mol. The van der Waals surface area contributed by atoms with Crippen LogP contribution in [0.2, 0.25) is 0 Å². The highest BCUT2D eigenvalue weighted by atomic mass is 32.1. The van der Waals surface area contributed by atoms with Crippen molar-refractivity contribution >= 4 is 16.5 Å². The molecule has 0 bridgehead atoms. The van der Waals surface area contributed by atoms with Crippen LogP contribution in [0.25, 0.3) is 0 Å². The van der Waals surface area contributed by atoms with E-state index in [1.165, 1.54) is 24.2 Å². The fourth-order valence-corrected chi connectivity index (χ4v) is 2.61. The van der Waals surface area contributed by atoms with Gasteiger partial charge in [0.25, 0.3) is 0 Å². The number of aliphatic hydroxyl groups is 1. The summed E-state index contributed by atoms with van der Waals surface area (Å²) in [6.45, 7) is 2.03. The SMILES string of the molecule is Nc1nnc(CN2CCCCC2CO)s1. The summed E-state index contributed by atoms with van der Waals surface area (Å²) in [7, 11) is 0. The van der Waals surface area contributed by atoms with Crippen LogP contribution >= 0.6 is 11.3 Å². The topological polar surface area (TPSA) is 75.3 Å². The molecule has 15 heavy (non-hydrogen) atoms.